The second-order valence-corrected chi connectivity index (χ2v) is 11.3. The summed E-state index contributed by atoms with van der Waals surface area (Å²) >= 11 is 6.53. The standard InChI is InChI=1S/C33H23ClF9NO2/c1-17-5-3-4-6-25(17)19-7-10-28(34)27(14-19)26-9-8-22(31(35,36)37)13-21(26)16-44-18(2)29(46-30(44)45)20-11-23(32(38,39)40)15-24(12-20)33(41,42)43/h3-15,18,29H,16H2,1-2H3/t18-,29?/m0/s1. The molecule has 1 unspecified atom stereocenters. The molecule has 0 spiro atoms. The van der Waals surface area contributed by atoms with E-state index in [-0.39, 0.29) is 22.2 Å². The Kier molecular flexibility index (Phi) is 8.56. The van der Waals surface area contributed by atoms with E-state index in [1.54, 1.807) is 18.2 Å². The Bertz CT molecular complexity index is 1770. The number of benzene rings is 4. The smallest absolute Gasteiger partial charge is 0.416 e. The highest BCUT2D eigenvalue weighted by atomic mass is 35.5. The van der Waals surface area contributed by atoms with Gasteiger partial charge in [0.2, 0.25) is 0 Å². The van der Waals surface area contributed by atoms with Gasteiger partial charge in [-0.2, -0.15) is 39.5 Å². The summed E-state index contributed by atoms with van der Waals surface area (Å²) in [6.07, 6.45) is -17.8. The number of ether oxygens (including phenoxy) is 1. The van der Waals surface area contributed by atoms with Gasteiger partial charge in [-0.3, -0.25) is 4.90 Å². The number of hydrogen-bond donors (Lipinski definition) is 0. The second kappa shape index (κ2) is 11.9. The van der Waals surface area contributed by atoms with Crippen molar-refractivity contribution >= 4 is 17.7 Å². The average Bonchev–Trinajstić information content (AvgIpc) is 3.25. The molecule has 5 rings (SSSR count). The summed E-state index contributed by atoms with van der Waals surface area (Å²) in [5, 5.41) is 0.192. The lowest BCUT2D eigenvalue weighted by molar-refractivity contribution is -0.143. The highest BCUT2D eigenvalue weighted by molar-refractivity contribution is 6.33. The van der Waals surface area contributed by atoms with Gasteiger partial charge in [-0.05, 0) is 89.7 Å². The number of cyclic esters (lactones) is 1. The highest BCUT2D eigenvalue weighted by Crippen LogP contribution is 2.43. The summed E-state index contributed by atoms with van der Waals surface area (Å²) in [5.41, 5.74) is -1.77. The Hall–Kier alpha value is -4.19. The van der Waals surface area contributed by atoms with E-state index < -0.39 is 65.6 Å². The van der Waals surface area contributed by atoms with E-state index in [1.807, 2.05) is 31.2 Å². The van der Waals surface area contributed by atoms with Crippen molar-refractivity contribution in [3.05, 3.63) is 117 Å². The minimum Gasteiger partial charge on any atom is -0.439 e. The van der Waals surface area contributed by atoms with E-state index in [0.717, 1.165) is 28.2 Å². The first-order valence-electron chi connectivity index (χ1n) is 13.7. The Balaban J connectivity index is 1.57. The molecule has 0 radical (unpaired) electrons. The van der Waals surface area contributed by atoms with Crippen LogP contribution < -0.4 is 0 Å². The van der Waals surface area contributed by atoms with Crippen molar-refractivity contribution in [2.24, 2.45) is 0 Å². The van der Waals surface area contributed by atoms with Crippen molar-refractivity contribution < 1.29 is 49.0 Å². The molecule has 1 saturated heterocycles. The quantitative estimate of drug-likeness (QED) is 0.198. The van der Waals surface area contributed by atoms with Gasteiger partial charge in [0.15, 0.2) is 0 Å². The van der Waals surface area contributed by atoms with Gasteiger partial charge in [-0.1, -0.05) is 48.0 Å². The fourth-order valence-electron chi connectivity index (χ4n) is 5.45. The Morgan fingerprint density at radius 1 is 0.717 bits per heavy atom. The Morgan fingerprint density at radius 2 is 1.33 bits per heavy atom. The van der Waals surface area contributed by atoms with Gasteiger partial charge >= 0.3 is 24.6 Å². The van der Waals surface area contributed by atoms with E-state index in [4.69, 9.17) is 16.3 Å². The minimum atomic E-state index is -5.14. The molecule has 1 heterocycles. The van der Waals surface area contributed by atoms with Gasteiger partial charge in [0.1, 0.15) is 6.10 Å². The normalized spacial score (nSPS) is 17.4. The number of carbonyl (C=O) groups is 1. The molecule has 46 heavy (non-hydrogen) atoms. The topological polar surface area (TPSA) is 29.5 Å². The fourth-order valence-corrected chi connectivity index (χ4v) is 5.67. The summed E-state index contributed by atoms with van der Waals surface area (Å²) in [6.45, 7) is 2.68. The number of alkyl halides is 9. The van der Waals surface area contributed by atoms with Crippen molar-refractivity contribution in [1.82, 2.24) is 4.90 Å². The first-order chi connectivity index (χ1) is 21.3. The fraction of sp³-hybridized carbons (Fsp3) is 0.242. The lowest BCUT2D eigenvalue weighted by Gasteiger charge is -2.24. The van der Waals surface area contributed by atoms with Crippen LogP contribution in [-0.2, 0) is 29.8 Å². The molecule has 13 heteroatoms. The van der Waals surface area contributed by atoms with Gasteiger partial charge in [-0.25, -0.2) is 4.79 Å². The highest BCUT2D eigenvalue weighted by Gasteiger charge is 2.43. The molecular formula is C33H23ClF9NO2. The minimum absolute atomic E-state index is 0.0249. The number of amides is 1. The van der Waals surface area contributed by atoms with Gasteiger partial charge in [0.25, 0.3) is 0 Å². The molecular weight excluding hydrogens is 649 g/mol. The summed E-state index contributed by atoms with van der Waals surface area (Å²) in [6, 6.07) is 15.0. The maximum absolute atomic E-state index is 13.8. The first-order valence-corrected chi connectivity index (χ1v) is 14.0. The van der Waals surface area contributed by atoms with Crippen LogP contribution in [0.5, 0.6) is 0 Å². The van der Waals surface area contributed by atoms with Crippen LogP contribution >= 0.6 is 11.6 Å². The molecule has 4 aromatic carbocycles. The average molecular weight is 672 g/mol. The Morgan fingerprint density at radius 3 is 1.91 bits per heavy atom. The van der Waals surface area contributed by atoms with Crippen LogP contribution in [0.3, 0.4) is 0 Å². The van der Waals surface area contributed by atoms with E-state index in [9.17, 15) is 44.3 Å². The maximum Gasteiger partial charge on any atom is 0.416 e. The van der Waals surface area contributed by atoms with Gasteiger partial charge in [-0.15, -0.1) is 0 Å². The molecule has 0 aliphatic carbocycles. The molecule has 1 fully saturated rings. The van der Waals surface area contributed by atoms with Crippen LogP contribution in [0.15, 0.2) is 78.9 Å². The molecule has 0 bridgehead atoms. The van der Waals surface area contributed by atoms with Crippen LogP contribution in [0.2, 0.25) is 5.02 Å². The molecule has 0 saturated carbocycles. The molecule has 1 amide bonds. The molecule has 242 valence electrons. The largest absolute Gasteiger partial charge is 0.439 e. The van der Waals surface area contributed by atoms with Gasteiger partial charge in [0, 0.05) is 10.6 Å². The number of hydrogen-bond acceptors (Lipinski definition) is 2. The Labute approximate surface area is 262 Å². The summed E-state index contributed by atoms with van der Waals surface area (Å²) < 4.78 is 128. The van der Waals surface area contributed by atoms with Gasteiger partial charge in [0.05, 0.1) is 29.3 Å². The third kappa shape index (κ3) is 6.67. The monoisotopic (exact) mass is 671 g/mol. The number of carbonyl (C=O) groups excluding carboxylic acids is 1. The third-order valence-corrected chi connectivity index (χ3v) is 8.15. The van der Waals surface area contributed by atoms with Crippen molar-refractivity contribution in [1.29, 1.82) is 0 Å². The summed E-state index contributed by atoms with van der Waals surface area (Å²) in [4.78, 5) is 14.0. The molecule has 1 aliphatic rings. The molecule has 2 atom stereocenters. The van der Waals surface area contributed by atoms with E-state index in [0.29, 0.717) is 23.3 Å². The zero-order valence-corrected chi connectivity index (χ0v) is 24.7. The maximum atomic E-state index is 13.8. The van der Waals surface area contributed by atoms with Crippen molar-refractivity contribution in [3.8, 4) is 22.3 Å². The van der Waals surface area contributed by atoms with Crippen molar-refractivity contribution in [2.75, 3.05) is 0 Å². The van der Waals surface area contributed by atoms with Crippen LogP contribution in [0.25, 0.3) is 22.3 Å². The number of nitrogens with zero attached hydrogens (tertiary/aromatic N) is 1. The zero-order chi connectivity index (χ0) is 33.8. The summed E-state index contributed by atoms with van der Waals surface area (Å²) in [5.74, 6) is 0. The SMILES string of the molecule is Cc1ccccc1-c1ccc(Cl)c(-c2ccc(C(F)(F)F)cc2CN2C(=O)OC(c3cc(C(F)(F)F)cc(C(F)(F)F)c3)[C@@H]2C)c1. The lowest BCUT2D eigenvalue weighted by Crippen LogP contribution is -2.32. The van der Waals surface area contributed by atoms with Crippen LogP contribution in [0.4, 0.5) is 44.3 Å². The van der Waals surface area contributed by atoms with Crippen LogP contribution in [0, 0.1) is 6.92 Å². The first kappa shape index (κ1) is 33.2. The van der Waals surface area contributed by atoms with Crippen LogP contribution in [-0.4, -0.2) is 17.0 Å². The number of aryl methyl sites for hydroxylation is 1. The van der Waals surface area contributed by atoms with E-state index in [2.05, 4.69) is 0 Å². The predicted octanol–water partition coefficient (Wildman–Crippen LogP) is 11.1. The van der Waals surface area contributed by atoms with Gasteiger partial charge < -0.3 is 4.74 Å². The molecule has 0 N–H and O–H groups in total. The predicted molar refractivity (Wildman–Crippen MR) is 153 cm³/mol. The molecule has 0 aromatic heterocycles. The molecule has 1 aliphatic heterocycles. The van der Waals surface area contributed by atoms with E-state index >= 15 is 0 Å². The summed E-state index contributed by atoms with van der Waals surface area (Å²) in [7, 11) is 0. The van der Waals surface area contributed by atoms with Crippen molar-refractivity contribution in [2.45, 2.75) is 51.1 Å². The molecule has 3 nitrogen and oxygen atoms in total. The van der Waals surface area contributed by atoms with Crippen LogP contribution in [0.1, 0.15) is 46.4 Å². The number of halogens is 10. The lowest BCUT2D eigenvalue weighted by atomic mass is 9.92. The molecule has 4 aromatic rings. The third-order valence-electron chi connectivity index (χ3n) is 7.82. The van der Waals surface area contributed by atoms with E-state index in [1.165, 1.54) is 13.0 Å². The zero-order valence-electron chi connectivity index (χ0n) is 23.9. The second-order valence-electron chi connectivity index (χ2n) is 10.9. The van der Waals surface area contributed by atoms with Crippen molar-refractivity contribution in [3.63, 3.8) is 0 Å². The number of rotatable bonds is 5.